The van der Waals surface area contributed by atoms with Crippen LogP contribution in [0.15, 0.2) is 24.3 Å². The summed E-state index contributed by atoms with van der Waals surface area (Å²) in [5, 5.41) is 1.42. The Bertz CT molecular complexity index is 582. The van der Waals surface area contributed by atoms with Gasteiger partial charge in [0.15, 0.2) is 0 Å². The topological polar surface area (TPSA) is 34.1 Å². The SMILES string of the molecule is C=C(C)C(=O)SCCC1CSC(C(C)(S)C2SCC(CCSC(=O)C(=C)C)S2)S1. The predicted octanol–water partition coefficient (Wildman–Crippen LogP) is 6.48. The third kappa shape index (κ3) is 8.28. The van der Waals surface area contributed by atoms with E-state index in [2.05, 4.69) is 20.1 Å². The van der Waals surface area contributed by atoms with Gasteiger partial charge < -0.3 is 0 Å². The lowest BCUT2D eigenvalue weighted by Gasteiger charge is -2.34. The first-order chi connectivity index (χ1) is 13.6. The first kappa shape index (κ1) is 26.5. The molecule has 164 valence electrons. The average Bonchev–Trinajstić information content (AvgIpc) is 3.31. The Morgan fingerprint density at radius 3 is 1.66 bits per heavy atom. The van der Waals surface area contributed by atoms with E-state index in [0.29, 0.717) is 30.8 Å². The van der Waals surface area contributed by atoms with Crippen LogP contribution in [-0.4, -0.2) is 57.7 Å². The zero-order valence-corrected chi connectivity index (χ0v) is 23.0. The molecule has 2 heterocycles. The summed E-state index contributed by atoms with van der Waals surface area (Å²) in [6, 6.07) is 0. The van der Waals surface area contributed by atoms with Crippen molar-refractivity contribution in [3.05, 3.63) is 24.3 Å². The molecule has 0 bridgehead atoms. The molecule has 4 unspecified atom stereocenters. The number of hydrogen-bond donors (Lipinski definition) is 1. The van der Waals surface area contributed by atoms with Crippen LogP contribution in [-0.2, 0) is 9.59 Å². The lowest BCUT2D eigenvalue weighted by molar-refractivity contribution is -0.108. The van der Waals surface area contributed by atoms with E-state index in [1.165, 1.54) is 23.5 Å². The van der Waals surface area contributed by atoms with Gasteiger partial charge in [0.2, 0.25) is 10.2 Å². The van der Waals surface area contributed by atoms with Crippen LogP contribution in [0.3, 0.4) is 0 Å². The maximum atomic E-state index is 11.7. The standard InChI is InChI=1S/C20H30O2S7/c1-12(2)16(21)24-8-6-14-10-26-18(28-14)20(5,23)19-27-11-15(29-19)7-9-25-17(22)13(3)4/h14-15,18-19,23H,1,3,6-11H2,2,4-5H3. The molecule has 0 amide bonds. The van der Waals surface area contributed by atoms with E-state index in [0.717, 1.165) is 35.9 Å². The van der Waals surface area contributed by atoms with E-state index in [9.17, 15) is 9.59 Å². The van der Waals surface area contributed by atoms with Crippen molar-refractivity contribution in [3.63, 3.8) is 0 Å². The molecule has 0 spiro atoms. The fourth-order valence-corrected chi connectivity index (χ4v) is 13.1. The van der Waals surface area contributed by atoms with Crippen molar-refractivity contribution in [1.29, 1.82) is 0 Å². The van der Waals surface area contributed by atoms with Gasteiger partial charge in [0, 0.05) is 33.5 Å². The second-order valence-electron chi connectivity index (χ2n) is 7.48. The molecule has 2 fully saturated rings. The zero-order chi connectivity index (χ0) is 21.6. The van der Waals surface area contributed by atoms with E-state index in [-0.39, 0.29) is 15.0 Å². The third-order valence-electron chi connectivity index (χ3n) is 4.50. The summed E-state index contributed by atoms with van der Waals surface area (Å²) in [7, 11) is 0. The highest BCUT2D eigenvalue weighted by Crippen LogP contribution is 2.56. The number of carbonyl (C=O) groups is 2. The van der Waals surface area contributed by atoms with Crippen LogP contribution in [0.4, 0.5) is 0 Å². The van der Waals surface area contributed by atoms with Crippen LogP contribution in [0, 0.1) is 0 Å². The van der Waals surface area contributed by atoms with Crippen LogP contribution in [0.1, 0.15) is 33.6 Å². The first-order valence-corrected chi connectivity index (χ1v) is 15.9. The van der Waals surface area contributed by atoms with Gasteiger partial charge in [-0.1, -0.05) is 36.7 Å². The summed E-state index contributed by atoms with van der Waals surface area (Å²) in [6.07, 6.45) is 2.12. The maximum Gasteiger partial charge on any atom is 0.214 e. The molecule has 0 aliphatic carbocycles. The third-order valence-corrected chi connectivity index (χ3v) is 15.5. The number of carbonyl (C=O) groups excluding carboxylic acids is 2. The Kier molecular flexibility index (Phi) is 11.4. The van der Waals surface area contributed by atoms with Gasteiger partial charge in [-0.2, -0.15) is 12.6 Å². The van der Waals surface area contributed by atoms with Crippen molar-refractivity contribution in [3.8, 4) is 0 Å². The Morgan fingerprint density at radius 2 is 1.31 bits per heavy atom. The van der Waals surface area contributed by atoms with Gasteiger partial charge >= 0.3 is 0 Å². The van der Waals surface area contributed by atoms with E-state index in [1.54, 1.807) is 13.8 Å². The zero-order valence-electron chi connectivity index (χ0n) is 17.2. The van der Waals surface area contributed by atoms with E-state index < -0.39 is 0 Å². The van der Waals surface area contributed by atoms with Crippen LogP contribution < -0.4 is 0 Å². The minimum Gasteiger partial charge on any atom is -0.282 e. The minimum absolute atomic E-state index is 0.0461. The fraction of sp³-hybridized carbons (Fsp3) is 0.700. The first-order valence-electron chi connectivity index (χ1n) is 9.53. The summed E-state index contributed by atoms with van der Waals surface area (Å²) < 4.78 is 0.900. The lowest BCUT2D eigenvalue weighted by Crippen LogP contribution is -2.36. The van der Waals surface area contributed by atoms with Crippen LogP contribution in [0.25, 0.3) is 0 Å². The van der Waals surface area contributed by atoms with Crippen LogP contribution in [0.2, 0.25) is 0 Å². The van der Waals surface area contributed by atoms with Gasteiger partial charge in [-0.3, -0.25) is 9.59 Å². The lowest BCUT2D eigenvalue weighted by atomic mass is 10.2. The van der Waals surface area contributed by atoms with Crippen molar-refractivity contribution < 1.29 is 9.59 Å². The summed E-state index contributed by atoms with van der Waals surface area (Å²) in [5.74, 6) is 4.02. The number of rotatable bonds is 10. The average molecular weight is 527 g/mol. The van der Waals surface area contributed by atoms with Crippen LogP contribution >= 0.6 is 83.2 Å². The van der Waals surface area contributed by atoms with Gasteiger partial charge in [0.05, 0.1) is 13.9 Å². The minimum atomic E-state index is -0.0461. The molecule has 2 saturated heterocycles. The van der Waals surface area contributed by atoms with Gasteiger partial charge in [-0.05, 0) is 44.8 Å². The van der Waals surface area contributed by atoms with Gasteiger partial charge in [0.1, 0.15) is 0 Å². The highest BCUT2D eigenvalue weighted by atomic mass is 32.2. The van der Waals surface area contributed by atoms with Crippen molar-refractivity contribution in [1.82, 2.24) is 0 Å². The van der Waals surface area contributed by atoms with Crippen molar-refractivity contribution in [2.24, 2.45) is 0 Å². The molecule has 0 N–H and O–H groups in total. The van der Waals surface area contributed by atoms with Gasteiger partial charge in [-0.25, -0.2) is 0 Å². The number of hydrogen-bond acceptors (Lipinski definition) is 9. The molecule has 0 aromatic carbocycles. The summed E-state index contributed by atoms with van der Waals surface area (Å²) >= 11 is 16.1. The fourth-order valence-electron chi connectivity index (χ4n) is 2.74. The Morgan fingerprint density at radius 1 is 0.931 bits per heavy atom. The Labute approximate surface area is 206 Å². The van der Waals surface area contributed by atoms with Gasteiger partial charge in [-0.15, -0.1) is 47.0 Å². The van der Waals surface area contributed by atoms with E-state index in [1.807, 2.05) is 47.0 Å². The van der Waals surface area contributed by atoms with E-state index >= 15 is 0 Å². The normalized spacial score (nSPS) is 28.8. The largest absolute Gasteiger partial charge is 0.282 e. The predicted molar refractivity (Wildman–Crippen MR) is 146 cm³/mol. The van der Waals surface area contributed by atoms with Gasteiger partial charge in [0.25, 0.3) is 0 Å². The molecular formula is C20H30O2S7. The second kappa shape index (κ2) is 12.5. The molecule has 29 heavy (non-hydrogen) atoms. The molecule has 0 aromatic rings. The molecule has 0 aromatic heterocycles. The number of thiol groups is 1. The molecule has 9 heteroatoms. The smallest absolute Gasteiger partial charge is 0.214 e. The molecule has 2 nitrogen and oxygen atoms in total. The quantitative estimate of drug-likeness (QED) is 0.256. The monoisotopic (exact) mass is 526 g/mol. The maximum absolute atomic E-state index is 11.7. The summed E-state index contributed by atoms with van der Waals surface area (Å²) in [5.41, 5.74) is 1.27. The van der Waals surface area contributed by atoms with Crippen molar-refractivity contribution in [2.75, 3.05) is 23.0 Å². The number of thioether (sulfide) groups is 6. The summed E-state index contributed by atoms with van der Waals surface area (Å²) in [6.45, 7) is 13.3. The molecular weight excluding hydrogens is 497 g/mol. The van der Waals surface area contributed by atoms with Crippen LogP contribution in [0.5, 0.6) is 0 Å². The Hall–Kier alpha value is 1.27. The highest BCUT2D eigenvalue weighted by Gasteiger charge is 2.46. The molecule has 2 aliphatic rings. The molecule has 4 atom stereocenters. The molecule has 0 radical (unpaired) electrons. The molecule has 2 rings (SSSR count). The van der Waals surface area contributed by atoms with Crippen molar-refractivity contribution in [2.45, 2.75) is 58.0 Å². The highest BCUT2D eigenvalue weighted by molar-refractivity contribution is 8.23. The molecule has 0 saturated carbocycles. The second-order valence-corrected chi connectivity index (χ2v) is 16.3. The Balaban J connectivity index is 1.73. The van der Waals surface area contributed by atoms with Crippen molar-refractivity contribution >= 4 is 93.4 Å². The molecule has 2 aliphatic heterocycles. The summed E-state index contributed by atoms with van der Waals surface area (Å²) in [4.78, 5) is 23.4. The van der Waals surface area contributed by atoms with E-state index in [4.69, 9.17) is 12.6 Å².